The van der Waals surface area contributed by atoms with Crippen molar-refractivity contribution in [2.45, 2.75) is 117 Å². The van der Waals surface area contributed by atoms with Gasteiger partial charge in [0.05, 0.1) is 0 Å². The van der Waals surface area contributed by atoms with Gasteiger partial charge in [-0.1, -0.05) is 187 Å². The van der Waals surface area contributed by atoms with Gasteiger partial charge in [0.15, 0.2) is 0 Å². The Balaban J connectivity index is 1.34. The molecule has 308 valence electrons. The summed E-state index contributed by atoms with van der Waals surface area (Å²) in [6.45, 7) is 30.5. The molecule has 0 radical (unpaired) electrons. The molecule has 0 spiro atoms. The maximum absolute atomic E-state index is 2.51. The lowest BCUT2D eigenvalue weighted by atomic mass is 9.75. The molecule has 0 N–H and O–H groups in total. The third-order valence-electron chi connectivity index (χ3n) is 13.9. The molecule has 1 heteroatoms. The SMILES string of the molecule is CC(C)(C)c1ccc(N(c2ccc(C(C)(C)C)cc2)c2cc(-c3ccc4c(c3)C(C)(C)c3ccccc3-4)c(C(C)(C)C)c(-c3ccc4c(c3)C(C)(C)c3ccccc3-4)c2)cc1. The van der Waals surface area contributed by atoms with E-state index in [2.05, 4.69) is 241 Å². The first-order valence-electron chi connectivity index (χ1n) is 22.3. The zero-order chi connectivity index (χ0) is 43.4. The highest BCUT2D eigenvalue weighted by Gasteiger charge is 2.38. The van der Waals surface area contributed by atoms with Gasteiger partial charge in [0.1, 0.15) is 0 Å². The van der Waals surface area contributed by atoms with Crippen LogP contribution in [-0.4, -0.2) is 0 Å². The van der Waals surface area contributed by atoms with Crippen LogP contribution < -0.4 is 4.90 Å². The first kappa shape index (κ1) is 40.7. The third kappa shape index (κ3) is 6.77. The quantitative estimate of drug-likeness (QED) is 0.168. The van der Waals surface area contributed by atoms with Gasteiger partial charge in [-0.25, -0.2) is 0 Å². The largest absolute Gasteiger partial charge is 0.310 e. The first-order chi connectivity index (χ1) is 28.7. The van der Waals surface area contributed by atoms with Crippen LogP contribution in [-0.2, 0) is 27.1 Å². The molecule has 2 aliphatic rings. The van der Waals surface area contributed by atoms with E-state index in [9.17, 15) is 0 Å². The van der Waals surface area contributed by atoms with Crippen LogP contribution >= 0.6 is 0 Å². The highest BCUT2D eigenvalue weighted by Crippen LogP contribution is 2.54. The van der Waals surface area contributed by atoms with E-state index in [1.54, 1.807) is 0 Å². The van der Waals surface area contributed by atoms with Crippen molar-refractivity contribution in [3.05, 3.63) is 185 Å². The fraction of sp³-hybridized carbons (Fsp3) is 0.300. The summed E-state index contributed by atoms with van der Waals surface area (Å²) in [4.78, 5) is 2.48. The molecule has 61 heavy (non-hydrogen) atoms. The lowest BCUT2D eigenvalue weighted by Gasteiger charge is -2.33. The van der Waals surface area contributed by atoms with Crippen molar-refractivity contribution in [1.29, 1.82) is 0 Å². The maximum Gasteiger partial charge on any atom is 0.0474 e. The summed E-state index contributed by atoms with van der Waals surface area (Å²) in [5.41, 5.74) is 23.2. The van der Waals surface area contributed by atoms with Gasteiger partial charge in [-0.05, 0) is 148 Å². The second-order valence-electron chi connectivity index (χ2n) is 22.0. The molecule has 0 amide bonds. The van der Waals surface area contributed by atoms with Crippen molar-refractivity contribution in [1.82, 2.24) is 0 Å². The van der Waals surface area contributed by atoms with Gasteiger partial charge >= 0.3 is 0 Å². The van der Waals surface area contributed by atoms with E-state index < -0.39 is 0 Å². The molecule has 1 nitrogen and oxygen atoms in total. The minimum absolute atomic E-state index is 0.0500. The maximum atomic E-state index is 2.51. The van der Waals surface area contributed by atoms with E-state index in [0.29, 0.717) is 0 Å². The smallest absolute Gasteiger partial charge is 0.0474 e. The van der Waals surface area contributed by atoms with Crippen LogP contribution in [0.1, 0.15) is 129 Å². The van der Waals surface area contributed by atoms with E-state index in [4.69, 9.17) is 0 Å². The van der Waals surface area contributed by atoms with Crippen molar-refractivity contribution in [3.63, 3.8) is 0 Å². The summed E-state index contributed by atoms with van der Waals surface area (Å²) in [5, 5.41) is 0. The highest BCUT2D eigenvalue weighted by molar-refractivity contribution is 5.92. The number of fused-ring (bicyclic) bond motifs is 6. The van der Waals surface area contributed by atoms with E-state index in [0.717, 1.165) is 17.1 Å². The van der Waals surface area contributed by atoms with Crippen LogP contribution in [0, 0.1) is 0 Å². The summed E-state index contributed by atoms with van der Waals surface area (Å²) in [5.74, 6) is 0. The van der Waals surface area contributed by atoms with Crippen molar-refractivity contribution < 1.29 is 0 Å². The molecule has 0 saturated heterocycles. The Hall–Kier alpha value is -5.66. The van der Waals surface area contributed by atoms with E-state index in [1.165, 1.54) is 83.5 Å². The molecule has 0 saturated carbocycles. The van der Waals surface area contributed by atoms with Gasteiger partial charge in [-0.15, -0.1) is 0 Å². The molecule has 0 unspecified atom stereocenters. The molecule has 0 aliphatic heterocycles. The molecule has 2 aliphatic carbocycles. The zero-order valence-corrected chi connectivity index (χ0v) is 38.8. The molecule has 9 rings (SSSR count). The monoisotopic (exact) mass is 797 g/mol. The normalized spacial score (nSPS) is 14.9. The Labute approximate surface area is 366 Å². The number of rotatable bonds is 5. The number of benzene rings is 7. The minimum Gasteiger partial charge on any atom is -0.310 e. The molecule has 7 aromatic carbocycles. The Morgan fingerprint density at radius 1 is 0.328 bits per heavy atom. The predicted molar refractivity (Wildman–Crippen MR) is 263 cm³/mol. The van der Waals surface area contributed by atoms with Crippen LogP contribution in [0.25, 0.3) is 44.5 Å². The lowest BCUT2D eigenvalue weighted by molar-refractivity contribution is 0.590. The predicted octanol–water partition coefficient (Wildman–Crippen LogP) is 17.0. The minimum atomic E-state index is -0.175. The molecule has 0 bridgehead atoms. The van der Waals surface area contributed by atoms with Gasteiger partial charge in [-0.2, -0.15) is 0 Å². The summed E-state index contributed by atoms with van der Waals surface area (Å²) in [7, 11) is 0. The number of hydrogen-bond donors (Lipinski definition) is 0. The number of hydrogen-bond acceptors (Lipinski definition) is 1. The van der Waals surface area contributed by atoms with E-state index >= 15 is 0 Å². The van der Waals surface area contributed by atoms with Gasteiger partial charge in [0.25, 0.3) is 0 Å². The number of nitrogens with zero attached hydrogens (tertiary/aromatic N) is 1. The standard InChI is InChI=1S/C60H63N/c1-56(2,3)40-24-28-42(29-25-40)61(43-30-26-41(27-31-43)57(4,5)6)44-36-49(38-22-32-47-45-18-14-16-20-51(45)59(10,11)53(47)34-38)55(58(7,8)9)50(37-44)39-23-33-48-46-19-15-17-21-52(46)60(12,13)54(48)35-39/h14-37H,1-13H3. The molecule has 0 fully saturated rings. The molecule has 0 heterocycles. The summed E-state index contributed by atoms with van der Waals surface area (Å²) >= 11 is 0. The van der Waals surface area contributed by atoms with Crippen molar-refractivity contribution in [2.75, 3.05) is 4.90 Å². The molecular weight excluding hydrogens is 735 g/mol. The second-order valence-corrected chi connectivity index (χ2v) is 22.0. The zero-order valence-electron chi connectivity index (χ0n) is 38.8. The second kappa shape index (κ2) is 13.9. The van der Waals surface area contributed by atoms with Crippen LogP contribution in [0.15, 0.2) is 146 Å². The Morgan fingerprint density at radius 2 is 0.689 bits per heavy atom. The fourth-order valence-corrected chi connectivity index (χ4v) is 10.4. The summed E-state index contributed by atoms with van der Waals surface area (Å²) < 4.78 is 0. The Kier molecular flexibility index (Phi) is 9.30. The van der Waals surface area contributed by atoms with Gasteiger partial charge in [-0.3, -0.25) is 0 Å². The molecule has 0 aromatic heterocycles. The fourth-order valence-electron chi connectivity index (χ4n) is 10.4. The van der Waals surface area contributed by atoms with Crippen molar-refractivity contribution in [2.24, 2.45) is 0 Å². The van der Waals surface area contributed by atoms with Crippen molar-refractivity contribution >= 4 is 17.1 Å². The van der Waals surface area contributed by atoms with Crippen LogP contribution in [0.2, 0.25) is 0 Å². The topological polar surface area (TPSA) is 3.24 Å². The van der Waals surface area contributed by atoms with E-state index in [1.807, 2.05) is 0 Å². The highest BCUT2D eigenvalue weighted by atomic mass is 15.1. The van der Waals surface area contributed by atoms with E-state index in [-0.39, 0.29) is 27.1 Å². The molecule has 0 atom stereocenters. The Bertz CT molecular complexity index is 2640. The van der Waals surface area contributed by atoms with Gasteiger partial charge in [0.2, 0.25) is 0 Å². The first-order valence-corrected chi connectivity index (χ1v) is 22.3. The summed E-state index contributed by atoms with van der Waals surface area (Å²) in [6.07, 6.45) is 0. The average molecular weight is 798 g/mol. The Morgan fingerprint density at radius 3 is 1.05 bits per heavy atom. The number of anilines is 3. The van der Waals surface area contributed by atoms with Crippen molar-refractivity contribution in [3.8, 4) is 44.5 Å². The lowest BCUT2D eigenvalue weighted by Crippen LogP contribution is -2.18. The van der Waals surface area contributed by atoms with Gasteiger partial charge < -0.3 is 4.90 Å². The third-order valence-corrected chi connectivity index (χ3v) is 13.9. The van der Waals surface area contributed by atoms with Crippen LogP contribution in [0.4, 0.5) is 17.1 Å². The summed E-state index contributed by atoms with van der Waals surface area (Å²) in [6, 6.07) is 56.1. The average Bonchev–Trinajstić information content (AvgIpc) is 3.59. The van der Waals surface area contributed by atoms with Crippen LogP contribution in [0.5, 0.6) is 0 Å². The molecule has 7 aromatic rings. The van der Waals surface area contributed by atoms with Gasteiger partial charge in [0, 0.05) is 27.9 Å². The molecular formula is C60H63N. The van der Waals surface area contributed by atoms with Crippen LogP contribution in [0.3, 0.4) is 0 Å².